The number of fused-ring (bicyclic) bond motifs is 1. The van der Waals surface area contributed by atoms with Crippen molar-refractivity contribution in [1.82, 2.24) is 9.88 Å². The first-order chi connectivity index (χ1) is 14.6. The Kier molecular flexibility index (Phi) is 5.91. The molecule has 0 radical (unpaired) electrons. The summed E-state index contributed by atoms with van der Waals surface area (Å²) in [4.78, 5) is 17.9. The standard InChI is InChI=1S/C25H28N2O3/c1-4-30-25-14-18(10-11-24(25)29-3)23(13-17(2)28)27-15-19-7-5-8-20(21(19)16-27)22-9-6-12-26-22/h5-12,14,23,26H,4,13,15-16H2,1-3H3. The highest BCUT2D eigenvalue weighted by Crippen LogP contribution is 2.39. The highest BCUT2D eigenvalue weighted by Gasteiger charge is 2.30. The predicted octanol–water partition coefficient (Wildman–Crippen LogP) is 5.13. The maximum Gasteiger partial charge on any atom is 0.161 e. The molecule has 1 aliphatic heterocycles. The quantitative estimate of drug-likeness (QED) is 0.566. The van der Waals surface area contributed by atoms with Crippen molar-refractivity contribution in [3.05, 3.63) is 71.4 Å². The first-order valence-corrected chi connectivity index (χ1v) is 10.4. The van der Waals surface area contributed by atoms with Crippen molar-refractivity contribution >= 4 is 5.78 Å². The number of hydrogen-bond acceptors (Lipinski definition) is 4. The van der Waals surface area contributed by atoms with E-state index < -0.39 is 0 Å². The number of H-pyrrole nitrogens is 1. The zero-order valence-electron chi connectivity index (χ0n) is 17.8. The fourth-order valence-corrected chi connectivity index (χ4v) is 4.32. The number of ketones is 1. The van der Waals surface area contributed by atoms with Gasteiger partial charge in [0.25, 0.3) is 0 Å². The van der Waals surface area contributed by atoms with Gasteiger partial charge in [0.2, 0.25) is 0 Å². The van der Waals surface area contributed by atoms with E-state index in [0.717, 1.165) is 30.1 Å². The molecule has 5 nitrogen and oxygen atoms in total. The summed E-state index contributed by atoms with van der Waals surface area (Å²) in [5.41, 5.74) is 6.07. The van der Waals surface area contributed by atoms with E-state index in [1.807, 2.05) is 37.4 Å². The Hall–Kier alpha value is -3.05. The lowest BCUT2D eigenvalue weighted by Gasteiger charge is -2.28. The molecular weight excluding hydrogens is 376 g/mol. The Bertz CT molecular complexity index is 1030. The SMILES string of the molecule is CCOc1cc(C(CC(C)=O)N2Cc3cccc(-c4ccc[nH]4)c3C2)ccc1OC. The molecule has 4 rings (SSSR count). The Morgan fingerprint density at radius 3 is 2.70 bits per heavy atom. The van der Waals surface area contributed by atoms with E-state index in [-0.39, 0.29) is 11.8 Å². The average molecular weight is 405 g/mol. The largest absolute Gasteiger partial charge is 0.493 e. The van der Waals surface area contributed by atoms with Crippen LogP contribution in [0.25, 0.3) is 11.3 Å². The number of Topliss-reactive ketones (excluding diaryl/α,β-unsaturated/α-hetero) is 1. The molecule has 2 heterocycles. The topological polar surface area (TPSA) is 54.6 Å². The number of carbonyl (C=O) groups excluding carboxylic acids is 1. The summed E-state index contributed by atoms with van der Waals surface area (Å²) >= 11 is 0. The van der Waals surface area contributed by atoms with Gasteiger partial charge in [-0.3, -0.25) is 9.69 Å². The molecule has 2 aromatic carbocycles. The third-order valence-electron chi connectivity index (χ3n) is 5.69. The molecule has 0 amide bonds. The fourth-order valence-electron chi connectivity index (χ4n) is 4.32. The second-order valence-corrected chi connectivity index (χ2v) is 7.70. The van der Waals surface area contributed by atoms with Gasteiger partial charge in [0.15, 0.2) is 11.5 Å². The minimum atomic E-state index is -0.0171. The summed E-state index contributed by atoms with van der Waals surface area (Å²) in [6, 6.07) is 16.6. The van der Waals surface area contributed by atoms with Crippen molar-refractivity contribution in [3.63, 3.8) is 0 Å². The van der Waals surface area contributed by atoms with Crippen LogP contribution in [0, 0.1) is 0 Å². The van der Waals surface area contributed by atoms with Crippen molar-refractivity contribution in [2.45, 2.75) is 39.4 Å². The van der Waals surface area contributed by atoms with Crippen LogP contribution in [0.2, 0.25) is 0 Å². The lowest BCUT2D eigenvalue weighted by molar-refractivity contribution is -0.118. The molecule has 1 aromatic heterocycles. The maximum atomic E-state index is 12.2. The summed E-state index contributed by atoms with van der Waals surface area (Å²) < 4.78 is 11.2. The molecule has 3 aromatic rings. The van der Waals surface area contributed by atoms with Gasteiger partial charge in [-0.2, -0.15) is 0 Å². The Morgan fingerprint density at radius 1 is 1.13 bits per heavy atom. The zero-order valence-corrected chi connectivity index (χ0v) is 17.8. The normalized spacial score (nSPS) is 14.4. The first-order valence-electron chi connectivity index (χ1n) is 10.4. The van der Waals surface area contributed by atoms with E-state index in [2.05, 4.69) is 34.1 Å². The molecule has 0 spiro atoms. The van der Waals surface area contributed by atoms with Crippen molar-refractivity contribution in [1.29, 1.82) is 0 Å². The summed E-state index contributed by atoms with van der Waals surface area (Å²) in [6.07, 6.45) is 2.41. The molecule has 0 saturated heterocycles. The first kappa shape index (κ1) is 20.2. The van der Waals surface area contributed by atoms with Gasteiger partial charge in [0, 0.05) is 43.0 Å². The van der Waals surface area contributed by atoms with Gasteiger partial charge in [-0.1, -0.05) is 24.3 Å². The van der Waals surface area contributed by atoms with Gasteiger partial charge in [-0.05, 0) is 54.8 Å². The number of rotatable bonds is 8. The Balaban J connectivity index is 1.68. The Morgan fingerprint density at radius 2 is 2.00 bits per heavy atom. The van der Waals surface area contributed by atoms with Crippen LogP contribution in [0.4, 0.5) is 0 Å². The lowest BCUT2D eigenvalue weighted by atomic mass is 9.99. The number of methoxy groups -OCH3 is 1. The van der Waals surface area contributed by atoms with Crippen LogP contribution in [-0.2, 0) is 17.9 Å². The molecule has 0 fully saturated rings. The van der Waals surface area contributed by atoms with Gasteiger partial charge >= 0.3 is 0 Å². The number of ether oxygens (including phenoxy) is 2. The van der Waals surface area contributed by atoms with Gasteiger partial charge in [0.1, 0.15) is 5.78 Å². The highest BCUT2D eigenvalue weighted by atomic mass is 16.5. The number of hydrogen-bond donors (Lipinski definition) is 1. The van der Waals surface area contributed by atoms with Crippen LogP contribution in [0.15, 0.2) is 54.7 Å². The third kappa shape index (κ3) is 3.98. The molecule has 1 unspecified atom stereocenters. The molecule has 0 bridgehead atoms. The monoisotopic (exact) mass is 404 g/mol. The van der Waals surface area contributed by atoms with Gasteiger partial charge in [-0.15, -0.1) is 0 Å². The molecule has 5 heteroatoms. The maximum absolute atomic E-state index is 12.2. The average Bonchev–Trinajstić information content (AvgIpc) is 3.41. The van der Waals surface area contributed by atoms with Crippen molar-refractivity contribution < 1.29 is 14.3 Å². The predicted molar refractivity (Wildman–Crippen MR) is 118 cm³/mol. The minimum Gasteiger partial charge on any atom is -0.493 e. The summed E-state index contributed by atoms with van der Waals surface area (Å²) in [5, 5.41) is 0. The van der Waals surface area contributed by atoms with Crippen LogP contribution in [0.1, 0.15) is 43.0 Å². The summed E-state index contributed by atoms with van der Waals surface area (Å²) in [6.45, 7) is 5.80. The Labute approximate surface area is 177 Å². The van der Waals surface area contributed by atoms with E-state index in [0.29, 0.717) is 18.8 Å². The van der Waals surface area contributed by atoms with Crippen LogP contribution < -0.4 is 9.47 Å². The second kappa shape index (κ2) is 8.76. The number of carbonyl (C=O) groups is 1. The minimum absolute atomic E-state index is 0.0171. The number of nitrogens with one attached hydrogen (secondary N) is 1. The molecule has 0 aliphatic carbocycles. The molecule has 156 valence electrons. The summed E-state index contributed by atoms with van der Waals surface area (Å²) in [5.74, 6) is 1.60. The zero-order chi connectivity index (χ0) is 21.1. The van der Waals surface area contributed by atoms with Crippen LogP contribution in [0.5, 0.6) is 11.5 Å². The molecule has 1 N–H and O–H groups in total. The molecule has 1 aliphatic rings. The lowest BCUT2D eigenvalue weighted by Crippen LogP contribution is -2.25. The smallest absolute Gasteiger partial charge is 0.161 e. The van der Waals surface area contributed by atoms with Crippen LogP contribution in [0.3, 0.4) is 0 Å². The third-order valence-corrected chi connectivity index (χ3v) is 5.69. The van der Waals surface area contributed by atoms with Gasteiger partial charge < -0.3 is 14.5 Å². The van der Waals surface area contributed by atoms with E-state index in [1.54, 1.807) is 14.0 Å². The number of aromatic amines is 1. The van der Waals surface area contributed by atoms with E-state index in [1.165, 1.54) is 16.7 Å². The van der Waals surface area contributed by atoms with Crippen molar-refractivity contribution in [3.8, 4) is 22.8 Å². The van der Waals surface area contributed by atoms with Crippen molar-refractivity contribution in [2.75, 3.05) is 13.7 Å². The fraction of sp³-hybridized carbons (Fsp3) is 0.320. The van der Waals surface area contributed by atoms with E-state index in [4.69, 9.17) is 9.47 Å². The molecule has 1 atom stereocenters. The number of benzene rings is 2. The number of nitrogens with zero attached hydrogens (tertiary/aromatic N) is 1. The van der Waals surface area contributed by atoms with Crippen molar-refractivity contribution in [2.24, 2.45) is 0 Å². The van der Waals surface area contributed by atoms with Crippen LogP contribution in [-0.4, -0.2) is 29.4 Å². The molecule has 30 heavy (non-hydrogen) atoms. The van der Waals surface area contributed by atoms with Gasteiger partial charge in [-0.25, -0.2) is 0 Å². The summed E-state index contributed by atoms with van der Waals surface area (Å²) in [7, 11) is 1.64. The van der Waals surface area contributed by atoms with Crippen LogP contribution >= 0.6 is 0 Å². The molecular formula is C25H28N2O3. The van der Waals surface area contributed by atoms with Gasteiger partial charge in [0.05, 0.1) is 13.7 Å². The van der Waals surface area contributed by atoms with E-state index in [9.17, 15) is 4.79 Å². The number of aromatic nitrogens is 1. The molecule has 0 saturated carbocycles. The second-order valence-electron chi connectivity index (χ2n) is 7.70. The van der Waals surface area contributed by atoms with E-state index >= 15 is 0 Å². The highest BCUT2D eigenvalue weighted by molar-refractivity contribution is 5.76.